The predicted molar refractivity (Wildman–Crippen MR) is 99.3 cm³/mol. The van der Waals surface area contributed by atoms with Gasteiger partial charge in [-0.05, 0) is 25.1 Å². The average Bonchev–Trinajstić information content (AvgIpc) is 2.68. The van der Waals surface area contributed by atoms with Gasteiger partial charge < -0.3 is 19.7 Å². The van der Waals surface area contributed by atoms with Crippen LogP contribution in [-0.4, -0.2) is 69.5 Å². The molecule has 0 spiro atoms. The lowest BCUT2D eigenvalue weighted by Gasteiger charge is -2.33. The van der Waals surface area contributed by atoms with Gasteiger partial charge in [0, 0.05) is 32.6 Å². The highest BCUT2D eigenvalue weighted by Gasteiger charge is 2.31. The molecule has 1 aromatic carbocycles. The maximum atomic E-state index is 12.9. The van der Waals surface area contributed by atoms with Crippen molar-refractivity contribution in [1.29, 1.82) is 0 Å². The molecule has 1 heterocycles. The molecule has 150 valence electrons. The molecule has 0 radical (unpaired) electrons. The number of carbonyl (C=O) groups is 2. The second-order valence-corrected chi connectivity index (χ2v) is 7.79. The van der Waals surface area contributed by atoms with Crippen LogP contribution in [0.4, 0.5) is 10.5 Å². The topological polar surface area (TPSA) is 105 Å². The van der Waals surface area contributed by atoms with Crippen molar-refractivity contribution in [2.24, 2.45) is 0 Å². The van der Waals surface area contributed by atoms with Crippen molar-refractivity contribution in [3.8, 4) is 5.75 Å². The number of carbonyl (C=O) groups excluding carboxylic acids is 2. The molecule has 2 rings (SSSR count). The third kappa shape index (κ3) is 4.89. The van der Waals surface area contributed by atoms with Crippen LogP contribution in [0.15, 0.2) is 23.1 Å². The highest BCUT2D eigenvalue weighted by molar-refractivity contribution is 7.89. The molecule has 9 nitrogen and oxygen atoms in total. The van der Waals surface area contributed by atoms with Crippen molar-refractivity contribution in [1.82, 2.24) is 9.21 Å². The molecule has 1 aromatic rings. The number of benzene rings is 1. The summed E-state index contributed by atoms with van der Waals surface area (Å²) in [5.41, 5.74) is 0.301. The zero-order valence-corrected chi connectivity index (χ0v) is 16.5. The molecule has 1 aliphatic heterocycles. The van der Waals surface area contributed by atoms with E-state index in [1.807, 2.05) is 0 Å². The summed E-state index contributed by atoms with van der Waals surface area (Å²) >= 11 is 0. The standard InChI is InChI=1S/C17H25N3O6S/c1-4-16(21)18-14-12-13(6-7-15(14)25-3)27(23,24)20-10-8-19(9-11-20)17(22)26-5-2/h6-7,12H,4-5,8-11H2,1-3H3,(H,18,21). The monoisotopic (exact) mass is 399 g/mol. The molecule has 0 aromatic heterocycles. The number of hydrogen-bond acceptors (Lipinski definition) is 6. The number of piperazine rings is 1. The van der Waals surface area contributed by atoms with Crippen LogP contribution in [0.2, 0.25) is 0 Å². The number of hydrogen-bond donors (Lipinski definition) is 1. The molecule has 1 fully saturated rings. The van der Waals surface area contributed by atoms with Crippen LogP contribution in [0.25, 0.3) is 0 Å². The SMILES string of the molecule is CCOC(=O)N1CCN(S(=O)(=O)c2ccc(OC)c(NC(=O)CC)c2)CC1. The van der Waals surface area contributed by atoms with Crippen LogP contribution in [-0.2, 0) is 19.6 Å². The molecule has 1 saturated heterocycles. The predicted octanol–water partition coefficient (Wildman–Crippen LogP) is 1.51. The van der Waals surface area contributed by atoms with E-state index in [1.54, 1.807) is 13.8 Å². The van der Waals surface area contributed by atoms with Crippen LogP contribution in [0.5, 0.6) is 5.75 Å². The van der Waals surface area contributed by atoms with E-state index in [0.29, 0.717) is 11.4 Å². The summed E-state index contributed by atoms with van der Waals surface area (Å²) in [5.74, 6) is 0.133. The Morgan fingerprint density at radius 3 is 2.37 bits per heavy atom. The Labute approximate surface area is 159 Å². The van der Waals surface area contributed by atoms with Gasteiger partial charge in [0.2, 0.25) is 15.9 Å². The molecule has 0 bridgehead atoms. The fraction of sp³-hybridized carbons (Fsp3) is 0.529. The highest BCUT2D eigenvalue weighted by atomic mass is 32.2. The van der Waals surface area contributed by atoms with E-state index >= 15 is 0 Å². The van der Waals surface area contributed by atoms with Gasteiger partial charge in [0.1, 0.15) is 5.75 Å². The van der Waals surface area contributed by atoms with Crippen molar-refractivity contribution < 1.29 is 27.5 Å². The molecule has 2 amide bonds. The molecule has 0 aliphatic carbocycles. The summed E-state index contributed by atoms with van der Waals surface area (Å²) < 4.78 is 37.3. The first-order chi connectivity index (χ1) is 12.8. The molecule has 0 saturated carbocycles. The Bertz CT molecular complexity index is 788. The van der Waals surface area contributed by atoms with Gasteiger partial charge in [-0.15, -0.1) is 0 Å². The summed E-state index contributed by atoms with van der Waals surface area (Å²) in [6.07, 6.45) is -0.181. The van der Waals surface area contributed by atoms with Crippen molar-refractivity contribution in [2.45, 2.75) is 25.2 Å². The van der Waals surface area contributed by atoms with Crippen LogP contribution in [0.1, 0.15) is 20.3 Å². The van der Waals surface area contributed by atoms with Crippen LogP contribution in [0, 0.1) is 0 Å². The third-order valence-electron chi connectivity index (χ3n) is 4.17. The molecule has 27 heavy (non-hydrogen) atoms. The molecule has 0 unspecified atom stereocenters. The molecule has 0 atom stereocenters. The second kappa shape index (κ2) is 9.05. The van der Waals surface area contributed by atoms with Crippen molar-refractivity contribution in [3.63, 3.8) is 0 Å². The Kier molecular flexibility index (Phi) is 7.03. The lowest BCUT2D eigenvalue weighted by atomic mass is 10.3. The Morgan fingerprint density at radius 1 is 1.15 bits per heavy atom. The summed E-state index contributed by atoms with van der Waals surface area (Å²) in [5, 5.41) is 2.65. The van der Waals surface area contributed by atoms with Crippen LogP contribution < -0.4 is 10.1 Å². The number of anilines is 1. The summed E-state index contributed by atoms with van der Waals surface area (Å²) in [6.45, 7) is 4.55. The highest BCUT2D eigenvalue weighted by Crippen LogP contribution is 2.29. The van der Waals surface area contributed by atoms with Gasteiger partial charge in [-0.25, -0.2) is 13.2 Å². The van der Waals surface area contributed by atoms with E-state index in [1.165, 1.54) is 34.5 Å². The van der Waals surface area contributed by atoms with Crippen molar-refractivity contribution >= 4 is 27.7 Å². The Hall–Kier alpha value is -2.33. The Morgan fingerprint density at radius 2 is 1.81 bits per heavy atom. The minimum atomic E-state index is -3.77. The van der Waals surface area contributed by atoms with E-state index in [2.05, 4.69) is 5.32 Å². The van der Waals surface area contributed by atoms with Gasteiger partial charge in [-0.1, -0.05) is 6.92 Å². The van der Waals surface area contributed by atoms with Gasteiger partial charge in [-0.3, -0.25) is 4.79 Å². The van der Waals surface area contributed by atoms with Gasteiger partial charge in [0.05, 0.1) is 24.3 Å². The zero-order chi connectivity index (χ0) is 20.0. The smallest absolute Gasteiger partial charge is 0.409 e. The number of ether oxygens (including phenoxy) is 2. The number of rotatable bonds is 6. The molecule has 1 aliphatic rings. The maximum Gasteiger partial charge on any atom is 0.409 e. The summed E-state index contributed by atoms with van der Waals surface area (Å²) in [4.78, 5) is 25.0. The number of methoxy groups -OCH3 is 1. The van der Waals surface area contributed by atoms with Crippen molar-refractivity contribution in [3.05, 3.63) is 18.2 Å². The number of sulfonamides is 1. The van der Waals surface area contributed by atoms with E-state index in [4.69, 9.17) is 9.47 Å². The minimum absolute atomic E-state index is 0.0549. The normalized spacial score (nSPS) is 15.3. The fourth-order valence-corrected chi connectivity index (χ4v) is 4.11. The van der Waals surface area contributed by atoms with Crippen LogP contribution >= 0.6 is 0 Å². The number of nitrogens with one attached hydrogen (secondary N) is 1. The molecule has 10 heteroatoms. The first-order valence-corrected chi connectivity index (χ1v) is 10.2. The van der Waals surface area contributed by atoms with Crippen LogP contribution in [0.3, 0.4) is 0 Å². The first kappa shape index (κ1) is 21.0. The fourth-order valence-electron chi connectivity index (χ4n) is 2.66. The summed E-state index contributed by atoms with van der Waals surface area (Å²) in [6, 6.07) is 4.33. The zero-order valence-electron chi connectivity index (χ0n) is 15.7. The van der Waals surface area contributed by atoms with E-state index in [0.717, 1.165) is 0 Å². The largest absolute Gasteiger partial charge is 0.495 e. The number of amides is 2. The average molecular weight is 399 g/mol. The van der Waals surface area contributed by atoms with Gasteiger partial charge in [-0.2, -0.15) is 4.31 Å². The van der Waals surface area contributed by atoms with E-state index in [-0.39, 0.29) is 50.0 Å². The van der Waals surface area contributed by atoms with Crippen molar-refractivity contribution in [2.75, 3.05) is 45.2 Å². The van der Waals surface area contributed by atoms with Gasteiger partial charge >= 0.3 is 6.09 Å². The first-order valence-electron chi connectivity index (χ1n) is 8.73. The van der Waals surface area contributed by atoms with E-state index in [9.17, 15) is 18.0 Å². The quantitative estimate of drug-likeness (QED) is 0.777. The maximum absolute atomic E-state index is 12.9. The molecular weight excluding hydrogens is 374 g/mol. The number of nitrogens with zero attached hydrogens (tertiary/aromatic N) is 2. The lowest BCUT2D eigenvalue weighted by Crippen LogP contribution is -2.50. The molecule has 1 N–H and O–H groups in total. The minimum Gasteiger partial charge on any atom is -0.495 e. The second-order valence-electron chi connectivity index (χ2n) is 5.85. The van der Waals surface area contributed by atoms with Gasteiger partial charge in [0.25, 0.3) is 0 Å². The van der Waals surface area contributed by atoms with E-state index < -0.39 is 16.1 Å². The lowest BCUT2D eigenvalue weighted by molar-refractivity contribution is -0.115. The third-order valence-corrected chi connectivity index (χ3v) is 6.06. The molecular formula is C17H25N3O6S. The van der Waals surface area contributed by atoms with Gasteiger partial charge in [0.15, 0.2) is 0 Å². The summed E-state index contributed by atoms with van der Waals surface area (Å²) in [7, 11) is -2.32. The Balaban J connectivity index is 2.18.